The van der Waals surface area contributed by atoms with Crippen molar-refractivity contribution in [3.8, 4) is 0 Å². The van der Waals surface area contributed by atoms with Crippen LogP contribution in [0, 0.1) is 6.92 Å². The van der Waals surface area contributed by atoms with E-state index in [0.717, 1.165) is 0 Å². The van der Waals surface area contributed by atoms with Gasteiger partial charge in [-0.1, -0.05) is 0 Å². The maximum absolute atomic E-state index is 12.2. The van der Waals surface area contributed by atoms with Gasteiger partial charge in [-0.3, -0.25) is 0 Å². The van der Waals surface area contributed by atoms with Gasteiger partial charge in [0.25, 0.3) is 0 Å². The van der Waals surface area contributed by atoms with Crippen LogP contribution in [0.3, 0.4) is 0 Å². The molecule has 0 saturated carbocycles. The van der Waals surface area contributed by atoms with E-state index in [9.17, 15) is 8.42 Å². The van der Waals surface area contributed by atoms with Gasteiger partial charge in [0.2, 0.25) is 10.0 Å². The summed E-state index contributed by atoms with van der Waals surface area (Å²) >= 11 is 1.30. The Morgan fingerprint density at radius 2 is 2.11 bits per heavy atom. The number of rotatable bonds is 6. The molecule has 0 aromatic carbocycles. The molecule has 1 rings (SSSR count). The summed E-state index contributed by atoms with van der Waals surface area (Å²) < 4.78 is 27.0. The van der Waals surface area contributed by atoms with Crippen LogP contribution in [0.1, 0.15) is 16.7 Å². The van der Waals surface area contributed by atoms with Crippen molar-refractivity contribution in [1.82, 2.24) is 9.62 Å². The molecule has 0 aliphatic carbocycles. The summed E-state index contributed by atoms with van der Waals surface area (Å²) in [4.78, 5) is 3.55. The number of sulfonamides is 1. The van der Waals surface area contributed by atoms with Gasteiger partial charge in [0.1, 0.15) is 0 Å². The van der Waals surface area contributed by atoms with E-state index in [1.54, 1.807) is 6.92 Å². The molecule has 2 N–H and O–H groups in total. The monoisotopic (exact) mass is 292 g/mol. The Hall–Kier alpha value is -0.470. The number of hydrogen-bond acceptors (Lipinski definition) is 5. The highest BCUT2D eigenvalue weighted by Crippen LogP contribution is 2.25. The maximum Gasteiger partial charge on any atom is 0.241 e. The standard InChI is InChI=1S/C11H20N2O3S2/c1-8(6-13(3)4)12-18(15,16)11-5-10(7-14)17-9(11)2/h5,8,12,14H,6-7H2,1-4H3. The Morgan fingerprint density at radius 3 is 2.56 bits per heavy atom. The zero-order valence-electron chi connectivity index (χ0n) is 11.1. The SMILES string of the molecule is Cc1sc(CO)cc1S(=O)(=O)NC(C)CN(C)C. The first kappa shape index (κ1) is 15.6. The van der Waals surface area contributed by atoms with E-state index >= 15 is 0 Å². The van der Waals surface area contributed by atoms with Crippen LogP contribution in [0.2, 0.25) is 0 Å². The topological polar surface area (TPSA) is 69.6 Å². The molecule has 0 amide bonds. The Kier molecular flexibility index (Phi) is 5.30. The highest BCUT2D eigenvalue weighted by Gasteiger charge is 2.22. The fourth-order valence-corrected chi connectivity index (χ4v) is 4.51. The first-order chi connectivity index (χ1) is 8.26. The summed E-state index contributed by atoms with van der Waals surface area (Å²) in [7, 11) is 0.284. The van der Waals surface area contributed by atoms with E-state index in [0.29, 0.717) is 16.3 Å². The highest BCUT2D eigenvalue weighted by molar-refractivity contribution is 7.89. The van der Waals surface area contributed by atoms with Gasteiger partial charge in [-0.2, -0.15) is 0 Å². The van der Waals surface area contributed by atoms with Crippen molar-refractivity contribution in [2.75, 3.05) is 20.6 Å². The summed E-state index contributed by atoms with van der Waals surface area (Å²) in [5.41, 5.74) is 0. The molecule has 18 heavy (non-hydrogen) atoms. The van der Waals surface area contributed by atoms with Crippen LogP contribution in [0.5, 0.6) is 0 Å². The van der Waals surface area contributed by atoms with Crippen LogP contribution in [0.25, 0.3) is 0 Å². The minimum atomic E-state index is -3.50. The summed E-state index contributed by atoms with van der Waals surface area (Å²) in [6.45, 7) is 4.07. The van der Waals surface area contributed by atoms with Crippen molar-refractivity contribution >= 4 is 21.4 Å². The average Bonchev–Trinajstić information content (AvgIpc) is 2.58. The van der Waals surface area contributed by atoms with Gasteiger partial charge >= 0.3 is 0 Å². The van der Waals surface area contributed by atoms with Gasteiger partial charge in [0, 0.05) is 22.3 Å². The number of thiophene rings is 1. The molecule has 0 bridgehead atoms. The quantitative estimate of drug-likeness (QED) is 0.813. The van der Waals surface area contributed by atoms with Gasteiger partial charge in [0.15, 0.2) is 0 Å². The average molecular weight is 292 g/mol. The normalized spacial score (nSPS) is 14.1. The van der Waals surface area contributed by atoms with E-state index in [2.05, 4.69) is 4.72 Å². The molecule has 7 heteroatoms. The van der Waals surface area contributed by atoms with Crippen LogP contribution in [-0.2, 0) is 16.6 Å². The van der Waals surface area contributed by atoms with E-state index < -0.39 is 10.0 Å². The second-order valence-electron chi connectivity index (χ2n) is 4.58. The molecule has 0 saturated heterocycles. The number of nitrogens with zero attached hydrogens (tertiary/aromatic N) is 1. The third-order valence-electron chi connectivity index (χ3n) is 2.36. The van der Waals surface area contributed by atoms with Gasteiger partial charge in [-0.15, -0.1) is 11.3 Å². The van der Waals surface area contributed by atoms with E-state index in [-0.39, 0.29) is 17.5 Å². The van der Waals surface area contributed by atoms with Crippen molar-refractivity contribution in [2.45, 2.75) is 31.4 Å². The molecule has 1 atom stereocenters. The molecule has 1 aromatic heterocycles. The van der Waals surface area contributed by atoms with Crippen LogP contribution in [0.15, 0.2) is 11.0 Å². The second-order valence-corrected chi connectivity index (χ2v) is 7.60. The molecule has 1 aromatic rings. The summed E-state index contributed by atoms with van der Waals surface area (Å²) in [6, 6.07) is 1.37. The van der Waals surface area contributed by atoms with E-state index in [4.69, 9.17) is 5.11 Å². The minimum Gasteiger partial charge on any atom is -0.391 e. The lowest BCUT2D eigenvalue weighted by Gasteiger charge is -2.18. The van der Waals surface area contributed by atoms with Gasteiger partial charge in [0.05, 0.1) is 11.5 Å². The molecular formula is C11H20N2O3S2. The van der Waals surface area contributed by atoms with Crippen molar-refractivity contribution in [3.05, 3.63) is 15.8 Å². The molecule has 104 valence electrons. The van der Waals surface area contributed by atoms with Crippen LogP contribution in [0.4, 0.5) is 0 Å². The Labute approximate surface area is 112 Å². The number of aliphatic hydroxyl groups excluding tert-OH is 1. The first-order valence-corrected chi connectivity index (χ1v) is 7.93. The van der Waals surface area contributed by atoms with Crippen molar-refractivity contribution < 1.29 is 13.5 Å². The lowest BCUT2D eigenvalue weighted by molar-refractivity contribution is 0.285. The van der Waals surface area contributed by atoms with Crippen LogP contribution >= 0.6 is 11.3 Å². The highest BCUT2D eigenvalue weighted by atomic mass is 32.2. The molecule has 1 unspecified atom stereocenters. The van der Waals surface area contributed by atoms with Gasteiger partial charge < -0.3 is 10.0 Å². The third-order valence-corrected chi connectivity index (χ3v) is 5.24. The number of aliphatic hydroxyl groups is 1. The zero-order valence-corrected chi connectivity index (χ0v) is 12.7. The van der Waals surface area contributed by atoms with Gasteiger partial charge in [-0.25, -0.2) is 13.1 Å². The van der Waals surface area contributed by atoms with Crippen molar-refractivity contribution in [1.29, 1.82) is 0 Å². The minimum absolute atomic E-state index is 0.131. The van der Waals surface area contributed by atoms with Crippen LogP contribution < -0.4 is 4.72 Å². The zero-order chi connectivity index (χ0) is 13.9. The predicted octanol–water partition coefficient (Wildman–Crippen LogP) is 0.777. The Balaban J connectivity index is 2.89. The fraction of sp³-hybridized carbons (Fsp3) is 0.636. The Morgan fingerprint density at radius 1 is 1.50 bits per heavy atom. The lowest BCUT2D eigenvalue weighted by atomic mass is 10.3. The van der Waals surface area contributed by atoms with Crippen molar-refractivity contribution in [3.63, 3.8) is 0 Å². The largest absolute Gasteiger partial charge is 0.391 e. The lowest BCUT2D eigenvalue weighted by Crippen LogP contribution is -2.39. The number of likely N-dealkylation sites (N-methyl/N-ethyl adjacent to an activating group) is 1. The van der Waals surface area contributed by atoms with E-state index in [1.807, 2.05) is 25.9 Å². The Bertz CT molecular complexity index is 494. The number of aryl methyl sites for hydroxylation is 1. The molecule has 0 fully saturated rings. The summed E-state index contributed by atoms with van der Waals surface area (Å²) in [5.74, 6) is 0. The molecule has 5 nitrogen and oxygen atoms in total. The second kappa shape index (κ2) is 6.12. The predicted molar refractivity (Wildman–Crippen MR) is 73.3 cm³/mol. The summed E-state index contributed by atoms with van der Waals surface area (Å²) in [5, 5.41) is 9.03. The molecule has 0 radical (unpaired) electrons. The number of hydrogen-bond donors (Lipinski definition) is 2. The molecule has 0 aliphatic heterocycles. The maximum atomic E-state index is 12.2. The van der Waals surface area contributed by atoms with E-state index in [1.165, 1.54) is 17.4 Å². The van der Waals surface area contributed by atoms with Crippen molar-refractivity contribution in [2.24, 2.45) is 0 Å². The summed E-state index contributed by atoms with van der Waals surface area (Å²) in [6.07, 6.45) is 0. The fourth-order valence-electron chi connectivity index (χ4n) is 1.78. The molecule has 0 spiro atoms. The smallest absolute Gasteiger partial charge is 0.241 e. The molecule has 0 aliphatic rings. The molecule has 1 heterocycles. The van der Waals surface area contributed by atoms with Crippen LogP contribution in [-0.4, -0.2) is 45.1 Å². The number of nitrogens with one attached hydrogen (secondary N) is 1. The molecular weight excluding hydrogens is 272 g/mol. The first-order valence-electron chi connectivity index (χ1n) is 5.63. The van der Waals surface area contributed by atoms with Gasteiger partial charge in [-0.05, 0) is 34.0 Å². The third kappa shape index (κ3) is 4.03.